The molecule has 0 aliphatic carbocycles. The van der Waals surface area contributed by atoms with Crippen LogP contribution in [0.15, 0.2) is 18.2 Å². The van der Waals surface area contributed by atoms with E-state index < -0.39 is 6.61 Å². The summed E-state index contributed by atoms with van der Waals surface area (Å²) in [6.45, 7) is -2.08. The quantitative estimate of drug-likeness (QED) is 0.714. The van der Waals surface area contributed by atoms with Crippen LogP contribution in [0.2, 0.25) is 5.02 Å². The lowest BCUT2D eigenvalue weighted by molar-refractivity contribution is -0.121. The zero-order chi connectivity index (χ0) is 15.0. The lowest BCUT2D eigenvalue weighted by Gasteiger charge is -2.12. The van der Waals surface area contributed by atoms with Gasteiger partial charge in [0.05, 0.1) is 0 Å². The van der Waals surface area contributed by atoms with Crippen LogP contribution in [0.1, 0.15) is 18.4 Å². The maximum absolute atomic E-state index is 12.3. The van der Waals surface area contributed by atoms with Gasteiger partial charge < -0.3 is 15.4 Å². The highest BCUT2D eigenvalue weighted by Gasteiger charge is 2.11. The first-order chi connectivity index (χ1) is 9.52. The molecule has 1 aromatic carbocycles. The van der Waals surface area contributed by atoms with Crippen LogP contribution in [-0.4, -0.2) is 26.1 Å². The summed E-state index contributed by atoms with van der Waals surface area (Å²) in [5, 5.41) is 5.98. The Morgan fingerprint density at radius 3 is 2.76 bits per heavy atom. The molecule has 0 spiro atoms. The third-order valence-electron chi connectivity index (χ3n) is 2.55. The van der Waals surface area contributed by atoms with Gasteiger partial charge in [-0.1, -0.05) is 11.6 Å². The Bertz CT molecular complexity index is 448. The van der Waals surface area contributed by atoms with Gasteiger partial charge in [0, 0.05) is 23.6 Å². The van der Waals surface area contributed by atoms with E-state index in [-0.39, 0.29) is 30.6 Å². The van der Waals surface area contributed by atoms with Crippen molar-refractivity contribution in [3.63, 3.8) is 0 Å². The van der Waals surface area contributed by atoms with Crippen molar-refractivity contribution in [3.8, 4) is 5.75 Å². The fourth-order valence-electron chi connectivity index (χ4n) is 1.61. The highest BCUT2D eigenvalue weighted by Crippen LogP contribution is 2.24. The minimum absolute atomic E-state index is 0. The van der Waals surface area contributed by atoms with E-state index in [1.807, 2.05) is 0 Å². The monoisotopic (exact) mass is 342 g/mol. The van der Waals surface area contributed by atoms with Crippen molar-refractivity contribution >= 4 is 29.9 Å². The Labute approximate surface area is 133 Å². The molecule has 0 radical (unpaired) electrons. The van der Waals surface area contributed by atoms with Gasteiger partial charge >= 0.3 is 6.61 Å². The molecular weight excluding hydrogens is 325 g/mol. The molecule has 0 atom stereocenters. The number of nitrogens with one attached hydrogen (secondary N) is 2. The average Bonchev–Trinajstić information content (AvgIpc) is 2.39. The molecule has 0 bridgehead atoms. The normalized spacial score (nSPS) is 10.1. The molecule has 0 aliphatic heterocycles. The fraction of sp³-hybridized carbons (Fsp3) is 0.462. The number of carbonyl (C=O) groups is 1. The third-order valence-corrected chi connectivity index (χ3v) is 2.78. The van der Waals surface area contributed by atoms with Crippen LogP contribution in [-0.2, 0) is 11.3 Å². The average molecular weight is 343 g/mol. The van der Waals surface area contributed by atoms with Crippen LogP contribution in [0.3, 0.4) is 0 Å². The highest BCUT2D eigenvalue weighted by atomic mass is 35.5. The van der Waals surface area contributed by atoms with E-state index in [1.165, 1.54) is 18.2 Å². The molecule has 1 amide bonds. The molecule has 0 saturated heterocycles. The summed E-state index contributed by atoms with van der Waals surface area (Å²) in [5.74, 6) is -0.136. The predicted octanol–water partition coefficient (Wildman–Crippen LogP) is 2.98. The summed E-state index contributed by atoms with van der Waals surface area (Å²) < 4.78 is 28.9. The van der Waals surface area contributed by atoms with E-state index in [2.05, 4.69) is 15.4 Å². The van der Waals surface area contributed by atoms with Gasteiger partial charge in [-0.15, -0.1) is 12.4 Å². The molecule has 21 heavy (non-hydrogen) atoms. The minimum atomic E-state index is -2.92. The van der Waals surface area contributed by atoms with Crippen LogP contribution in [0, 0.1) is 0 Å². The molecule has 4 nitrogen and oxygen atoms in total. The second-order valence-electron chi connectivity index (χ2n) is 4.11. The fourth-order valence-corrected chi connectivity index (χ4v) is 1.80. The van der Waals surface area contributed by atoms with Crippen LogP contribution in [0.4, 0.5) is 8.78 Å². The summed E-state index contributed by atoms with van der Waals surface area (Å²) in [6, 6.07) is 4.31. The zero-order valence-electron chi connectivity index (χ0n) is 11.5. The summed E-state index contributed by atoms with van der Waals surface area (Å²) in [5.41, 5.74) is 0.416. The number of hydrogen-bond donors (Lipinski definition) is 2. The molecule has 0 saturated carbocycles. The summed E-state index contributed by atoms with van der Waals surface area (Å²) in [7, 11) is 1.80. The summed E-state index contributed by atoms with van der Waals surface area (Å²) in [4.78, 5) is 11.5. The van der Waals surface area contributed by atoms with Crippen molar-refractivity contribution in [2.75, 3.05) is 13.6 Å². The number of rotatable bonds is 8. The number of alkyl halides is 2. The third kappa shape index (κ3) is 8.04. The van der Waals surface area contributed by atoms with Crippen molar-refractivity contribution in [1.29, 1.82) is 0 Å². The summed E-state index contributed by atoms with van der Waals surface area (Å²) >= 11 is 5.81. The standard InChI is InChI=1S/C13H17ClF2N2O2.ClH/c1-17-6-2-3-12(19)18-8-9-7-10(14)4-5-11(9)20-13(15)16;/h4-5,7,13,17H,2-3,6,8H2,1H3,(H,18,19);1H. The van der Waals surface area contributed by atoms with Gasteiger partial charge in [0.2, 0.25) is 5.91 Å². The largest absolute Gasteiger partial charge is 0.434 e. The Balaban J connectivity index is 0.00000400. The molecule has 1 aromatic rings. The molecule has 0 aromatic heterocycles. The first-order valence-electron chi connectivity index (χ1n) is 6.17. The highest BCUT2D eigenvalue weighted by molar-refractivity contribution is 6.30. The van der Waals surface area contributed by atoms with E-state index >= 15 is 0 Å². The summed E-state index contributed by atoms with van der Waals surface area (Å²) in [6.07, 6.45) is 1.07. The van der Waals surface area contributed by atoms with Gasteiger partial charge in [0.1, 0.15) is 5.75 Å². The lowest BCUT2D eigenvalue weighted by Crippen LogP contribution is -2.24. The zero-order valence-corrected chi connectivity index (χ0v) is 13.1. The van der Waals surface area contributed by atoms with Gasteiger partial charge in [0.15, 0.2) is 0 Å². The predicted molar refractivity (Wildman–Crippen MR) is 80.3 cm³/mol. The molecule has 0 heterocycles. The lowest BCUT2D eigenvalue weighted by atomic mass is 10.2. The molecule has 2 N–H and O–H groups in total. The molecule has 0 aliphatic rings. The number of ether oxygens (including phenoxy) is 1. The molecular formula is C13H18Cl2F2N2O2. The van der Waals surface area contributed by atoms with Gasteiger partial charge in [-0.05, 0) is 38.2 Å². The molecule has 0 fully saturated rings. The second-order valence-corrected chi connectivity index (χ2v) is 4.55. The Morgan fingerprint density at radius 1 is 1.43 bits per heavy atom. The molecule has 8 heteroatoms. The van der Waals surface area contributed by atoms with E-state index in [9.17, 15) is 13.6 Å². The van der Waals surface area contributed by atoms with Crippen LogP contribution in [0.25, 0.3) is 0 Å². The number of benzene rings is 1. The second kappa shape index (κ2) is 10.6. The first-order valence-corrected chi connectivity index (χ1v) is 6.55. The van der Waals surface area contributed by atoms with Crippen molar-refractivity contribution in [2.45, 2.75) is 26.0 Å². The van der Waals surface area contributed by atoms with Gasteiger partial charge in [-0.3, -0.25) is 4.79 Å². The topological polar surface area (TPSA) is 50.4 Å². The van der Waals surface area contributed by atoms with E-state index in [4.69, 9.17) is 11.6 Å². The van der Waals surface area contributed by atoms with Crippen molar-refractivity contribution in [2.24, 2.45) is 0 Å². The first kappa shape index (κ1) is 19.9. The Kier molecular flexibility index (Phi) is 10.0. The van der Waals surface area contributed by atoms with Crippen molar-refractivity contribution in [1.82, 2.24) is 10.6 Å². The van der Waals surface area contributed by atoms with Crippen molar-refractivity contribution < 1.29 is 18.3 Å². The molecule has 0 unspecified atom stereocenters. The molecule has 120 valence electrons. The van der Waals surface area contributed by atoms with Gasteiger partial charge in [-0.25, -0.2) is 0 Å². The van der Waals surface area contributed by atoms with Crippen molar-refractivity contribution in [3.05, 3.63) is 28.8 Å². The van der Waals surface area contributed by atoms with Gasteiger partial charge in [-0.2, -0.15) is 8.78 Å². The van der Waals surface area contributed by atoms with E-state index in [0.717, 1.165) is 6.54 Å². The number of halogens is 4. The molecule has 1 rings (SSSR count). The van der Waals surface area contributed by atoms with Crippen LogP contribution in [0.5, 0.6) is 5.75 Å². The van der Waals surface area contributed by atoms with E-state index in [0.29, 0.717) is 23.4 Å². The SMILES string of the molecule is CNCCCC(=O)NCc1cc(Cl)ccc1OC(F)F.Cl. The number of carbonyl (C=O) groups excluding carboxylic acids is 1. The maximum Gasteiger partial charge on any atom is 0.387 e. The van der Waals surface area contributed by atoms with Crippen LogP contribution < -0.4 is 15.4 Å². The minimum Gasteiger partial charge on any atom is -0.434 e. The van der Waals surface area contributed by atoms with Gasteiger partial charge in [0.25, 0.3) is 0 Å². The van der Waals surface area contributed by atoms with Crippen LogP contribution >= 0.6 is 24.0 Å². The van der Waals surface area contributed by atoms with E-state index in [1.54, 1.807) is 7.05 Å². The smallest absolute Gasteiger partial charge is 0.387 e. The maximum atomic E-state index is 12.3. The number of amides is 1. The Hall–Kier alpha value is -1.11. The Morgan fingerprint density at radius 2 is 2.14 bits per heavy atom. The number of hydrogen-bond acceptors (Lipinski definition) is 3.